The van der Waals surface area contributed by atoms with Crippen LogP contribution in [0.1, 0.15) is 43.5 Å². The molecule has 1 saturated heterocycles. The molecule has 110 valence electrons. The van der Waals surface area contributed by atoms with Crippen LogP contribution in [0.5, 0.6) is 0 Å². The van der Waals surface area contributed by atoms with Gasteiger partial charge in [-0.3, -0.25) is 14.5 Å². The van der Waals surface area contributed by atoms with Crippen molar-refractivity contribution in [3.8, 4) is 0 Å². The first kappa shape index (κ1) is 15.2. The van der Waals surface area contributed by atoms with E-state index in [1.807, 2.05) is 11.4 Å². The van der Waals surface area contributed by atoms with Gasteiger partial charge in [0.15, 0.2) is 0 Å². The first-order valence-electron chi connectivity index (χ1n) is 7.09. The lowest BCUT2D eigenvalue weighted by Gasteiger charge is -2.33. The molecule has 0 aliphatic carbocycles. The van der Waals surface area contributed by atoms with Crippen LogP contribution >= 0.6 is 11.3 Å². The number of rotatable bonds is 6. The second-order valence-electron chi connectivity index (χ2n) is 5.19. The molecule has 1 aliphatic rings. The van der Waals surface area contributed by atoms with E-state index in [-0.39, 0.29) is 18.2 Å². The van der Waals surface area contributed by atoms with Crippen molar-refractivity contribution in [2.75, 3.05) is 19.7 Å². The SMILES string of the molecule is CC(=O)CC(=O)OCC(c1cccs1)N1CCCCC1. The van der Waals surface area contributed by atoms with E-state index in [9.17, 15) is 9.59 Å². The summed E-state index contributed by atoms with van der Waals surface area (Å²) in [6, 6.07) is 4.24. The Morgan fingerprint density at radius 2 is 2.10 bits per heavy atom. The van der Waals surface area contributed by atoms with Crippen LogP contribution in [-0.4, -0.2) is 36.3 Å². The quantitative estimate of drug-likeness (QED) is 0.598. The Kier molecular flexibility index (Phi) is 5.73. The number of Topliss-reactive ketones (excluding diaryl/α,β-unsaturated/α-hetero) is 1. The summed E-state index contributed by atoms with van der Waals surface area (Å²) in [5.74, 6) is -0.572. The lowest BCUT2D eigenvalue weighted by Crippen LogP contribution is -2.36. The lowest BCUT2D eigenvalue weighted by molar-refractivity contribution is -0.147. The van der Waals surface area contributed by atoms with E-state index in [2.05, 4.69) is 11.0 Å². The number of ether oxygens (including phenoxy) is 1. The molecule has 1 unspecified atom stereocenters. The van der Waals surface area contributed by atoms with E-state index in [0.29, 0.717) is 6.61 Å². The van der Waals surface area contributed by atoms with Crippen LogP contribution in [0.25, 0.3) is 0 Å². The van der Waals surface area contributed by atoms with E-state index in [4.69, 9.17) is 4.74 Å². The normalized spacial score (nSPS) is 17.6. The molecular weight excluding hydrogens is 274 g/mol. The van der Waals surface area contributed by atoms with Gasteiger partial charge in [-0.2, -0.15) is 0 Å². The number of thiophene rings is 1. The second-order valence-corrected chi connectivity index (χ2v) is 6.17. The molecular formula is C15H21NO3S. The van der Waals surface area contributed by atoms with Crippen molar-refractivity contribution in [3.05, 3.63) is 22.4 Å². The fourth-order valence-corrected chi connectivity index (χ4v) is 3.35. The van der Waals surface area contributed by atoms with Gasteiger partial charge < -0.3 is 4.74 Å². The Hall–Kier alpha value is -1.20. The second kappa shape index (κ2) is 7.55. The van der Waals surface area contributed by atoms with Gasteiger partial charge in [-0.05, 0) is 44.3 Å². The maximum absolute atomic E-state index is 11.6. The molecule has 0 saturated carbocycles. The monoisotopic (exact) mass is 295 g/mol. The van der Waals surface area contributed by atoms with E-state index < -0.39 is 5.97 Å². The highest BCUT2D eigenvalue weighted by molar-refractivity contribution is 7.10. The van der Waals surface area contributed by atoms with Gasteiger partial charge in [0.25, 0.3) is 0 Å². The predicted molar refractivity (Wildman–Crippen MR) is 78.7 cm³/mol. The lowest BCUT2D eigenvalue weighted by atomic mass is 10.1. The summed E-state index contributed by atoms with van der Waals surface area (Å²) >= 11 is 1.69. The highest BCUT2D eigenvalue weighted by Crippen LogP contribution is 2.28. The number of hydrogen-bond donors (Lipinski definition) is 0. The van der Waals surface area contributed by atoms with Gasteiger partial charge in [-0.25, -0.2) is 0 Å². The average Bonchev–Trinajstić information content (AvgIpc) is 2.93. The third-order valence-corrected chi connectivity index (χ3v) is 4.47. The van der Waals surface area contributed by atoms with Crippen molar-refractivity contribution in [3.63, 3.8) is 0 Å². The van der Waals surface area contributed by atoms with E-state index in [1.54, 1.807) is 11.3 Å². The molecule has 2 heterocycles. The van der Waals surface area contributed by atoms with Crippen molar-refractivity contribution in [2.24, 2.45) is 0 Å². The van der Waals surface area contributed by atoms with Gasteiger partial charge in [0.1, 0.15) is 18.8 Å². The molecule has 1 aromatic heterocycles. The van der Waals surface area contributed by atoms with Crippen LogP contribution in [-0.2, 0) is 14.3 Å². The minimum absolute atomic E-state index is 0.128. The van der Waals surface area contributed by atoms with Crippen LogP contribution in [0.2, 0.25) is 0 Å². The fourth-order valence-electron chi connectivity index (χ4n) is 2.50. The Morgan fingerprint density at radius 3 is 2.70 bits per heavy atom. The minimum Gasteiger partial charge on any atom is -0.463 e. The average molecular weight is 295 g/mol. The van der Waals surface area contributed by atoms with E-state index in [1.165, 1.54) is 31.1 Å². The molecule has 4 nitrogen and oxygen atoms in total. The Bertz CT molecular complexity index is 438. The molecule has 0 aromatic carbocycles. The summed E-state index contributed by atoms with van der Waals surface area (Å²) in [6.45, 7) is 3.84. The molecule has 0 bridgehead atoms. The van der Waals surface area contributed by atoms with Crippen molar-refractivity contribution < 1.29 is 14.3 Å². The van der Waals surface area contributed by atoms with Crippen LogP contribution in [0.3, 0.4) is 0 Å². The first-order chi connectivity index (χ1) is 9.66. The summed E-state index contributed by atoms with van der Waals surface area (Å²) < 4.78 is 5.30. The Morgan fingerprint density at radius 1 is 1.35 bits per heavy atom. The maximum Gasteiger partial charge on any atom is 0.313 e. The Labute approximate surface area is 123 Å². The van der Waals surface area contributed by atoms with Crippen LogP contribution in [0, 0.1) is 0 Å². The zero-order chi connectivity index (χ0) is 14.4. The molecule has 0 N–H and O–H groups in total. The van der Waals surface area contributed by atoms with Crippen LogP contribution in [0.15, 0.2) is 17.5 Å². The molecule has 0 radical (unpaired) electrons. The van der Waals surface area contributed by atoms with Gasteiger partial charge >= 0.3 is 5.97 Å². The number of esters is 1. The minimum atomic E-state index is -0.420. The summed E-state index contributed by atoms with van der Waals surface area (Å²) in [7, 11) is 0. The number of nitrogens with zero attached hydrogens (tertiary/aromatic N) is 1. The molecule has 1 aromatic rings. The van der Waals surface area contributed by atoms with Crippen molar-refractivity contribution >= 4 is 23.1 Å². The Balaban J connectivity index is 1.96. The van der Waals surface area contributed by atoms with Gasteiger partial charge in [0.05, 0.1) is 6.04 Å². The summed E-state index contributed by atoms with van der Waals surface area (Å²) in [4.78, 5) is 26.1. The number of carbonyl (C=O) groups is 2. The van der Waals surface area contributed by atoms with Crippen LogP contribution in [0.4, 0.5) is 0 Å². The molecule has 0 amide bonds. The molecule has 2 rings (SSSR count). The van der Waals surface area contributed by atoms with Gasteiger partial charge in [0, 0.05) is 4.88 Å². The topological polar surface area (TPSA) is 46.6 Å². The summed E-state index contributed by atoms with van der Waals surface area (Å²) in [6.07, 6.45) is 3.54. The summed E-state index contributed by atoms with van der Waals surface area (Å²) in [5, 5.41) is 2.05. The van der Waals surface area contributed by atoms with E-state index in [0.717, 1.165) is 13.1 Å². The highest BCUT2D eigenvalue weighted by Gasteiger charge is 2.24. The number of ketones is 1. The number of likely N-dealkylation sites (tertiary alicyclic amines) is 1. The first-order valence-corrected chi connectivity index (χ1v) is 7.97. The smallest absolute Gasteiger partial charge is 0.313 e. The molecule has 20 heavy (non-hydrogen) atoms. The largest absolute Gasteiger partial charge is 0.463 e. The van der Waals surface area contributed by atoms with Crippen molar-refractivity contribution in [1.29, 1.82) is 0 Å². The fraction of sp³-hybridized carbons (Fsp3) is 0.600. The molecule has 1 atom stereocenters. The van der Waals surface area contributed by atoms with Crippen LogP contribution < -0.4 is 0 Å². The summed E-state index contributed by atoms with van der Waals surface area (Å²) in [5.41, 5.74) is 0. The number of carbonyl (C=O) groups excluding carboxylic acids is 2. The van der Waals surface area contributed by atoms with Gasteiger partial charge in [-0.15, -0.1) is 11.3 Å². The standard InChI is InChI=1S/C15H21NO3S/c1-12(17)10-15(18)19-11-13(14-6-5-9-20-14)16-7-3-2-4-8-16/h5-6,9,13H,2-4,7-8,10-11H2,1H3. The van der Waals surface area contributed by atoms with Crippen molar-refractivity contribution in [2.45, 2.75) is 38.6 Å². The molecule has 0 spiro atoms. The molecule has 5 heteroatoms. The molecule has 1 aliphatic heterocycles. The van der Waals surface area contributed by atoms with Gasteiger partial charge in [0.2, 0.25) is 0 Å². The third kappa shape index (κ3) is 4.42. The predicted octanol–water partition coefficient (Wildman–Crippen LogP) is 2.80. The van der Waals surface area contributed by atoms with Crippen molar-refractivity contribution in [1.82, 2.24) is 4.90 Å². The highest BCUT2D eigenvalue weighted by atomic mass is 32.1. The molecule has 1 fully saturated rings. The van der Waals surface area contributed by atoms with Gasteiger partial charge in [-0.1, -0.05) is 12.5 Å². The maximum atomic E-state index is 11.6. The third-order valence-electron chi connectivity index (χ3n) is 3.50. The number of piperidine rings is 1. The zero-order valence-corrected chi connectivity index (χ0v) is 12.7. The van der Waals surface area contributed by atoms with E-state index >= 15 is 0 Å². The zero-order valence-electron chi connectivity index (χ0n) is 11.8. The number of hydrogen-bond acceptors (Lipinski definition) is 5.